The minimum atomic E-state index is -0.914. The number of anilines is 2. The Morgan fingerprint density at radius 2 is 1.88 bits per heavy atom. The van der Waals surface area contributed by atoms with Crippen molar-refractivity contribution in [2.45, 2.75) is 12.5 Å². The fourth-order valence-electron chi connectivity index (χ4n) is 2.76. The first-order chi connectivity index (χ1) is 12.6. The molecule has 0 bridgehead atoms. The van der Waals surface area contributed by atoms with Crippen LogP contribution >= 0.6 is 0 Å². The molecule has 0 radical (unpaired) electrons. The van der Waals surface area contributed by atoms with Crippen molar-refractivity contribution in [3.05, 3.63) is 60.4 Å². The standard InChI is InChI=1S/C18H14FN5O2/c19-12-8-4-5-9-13(12)20-17(26)14-10-15(25)21-18-22-16(23-24(14)18)11-6-2-1-3-7-11/h1-9,14H,10H2,(H,20,26)(H,21,22,23,25)/t14-/m1/s1. The number of fused-ring (bicyclic) bond motifs is 1. The van der Waals surface area contributed by atoms with Crippen molar-refractivity contribution in [1.29, 1.82) is 0 Å². The number of rotatable bonds is 3. The third-order valence-corrected chi connectivity index (χ3v) is 4.02. The molecular weight excluding hydrogens is 337 g/mol. The molecule has 2 aromatic carbocycles. The van der Waals surface area contributed by atoms with E-state index in [0.29, 0.717) is 5.82 Å². The number of nitrogens with one attached hydrogen (secondary N) is 2. The molecule has 1 aliphatic rings. The van der Waals surface area contributed by atoms with Gasteiger partial charge in [0.15, 0.2) is 5.82 Å². The molecule has 1 aliphatic heterocycles. The fourth-order valence-corrected chi connectivity index (χ4v) is 2.76. The molecule has 130 valence electrons. The third kappa shape index (κ3) is 2.92. The lowest BCUT2D eigenvalue weighted by Crippen LogP contribution is -2.36. The first-order valence-corrected chi connectivity index (χ1v) is 7.99. The van der Waals surface area contributed by atoms with Gasteiger partial charge in [0.1, 0.15) is 11.9 Å². The van der Waals surface area contributed by atoms with Crippen molar-refractivity contribution in [2.24, 2.45) is 0 Å². The van der Waals surface area contributed by atoms with Crippen LogP contribution < -0.4 is 10.6 Å². The molecule has 0 saturated heterocycles. The lowest BCUT2D eigenvalue weighted by Gasteiger charge is -2.22. The van der Waals surface area contributed by atoms with Crippen LogP contribution in [0.5, 0.6) is 0 Å². The summed E-state index contributed by atoms with van der Waals surface area (Å²) in [6.07, 6.45) is -0.106. The summed E-state index contributed by atoms with van der Waals surface area (Å²) >= 11 is 0. The Balaban J connectivity index is 1.66. The maximum atomic E-state index is 13.8. The number of para-hydroxylation sites is 1. The molecule has 2 heterocycles. The molecule has 26 heavy (non-hydrogen) atoms. The molecule has 3 aromatic rings. The Morgan fingerprint density at radius 1 is 1.15 bits per heavy atom. The van der Waals surface area contributed by atoms with Crippen LogP contribution in [0, 0.1) is 5.82 Å². The van der Waals surface area contributed by atoms with Crippen molar-refractivity contribution in [3.8, 4) is 11.4 Å². The molecule has 7 nitrogen and oxygen atoms in total. The molecule has 4 rings (SSSR count). The van der Waals surface area contributed by atoms with Crippen molar-refractivity contribution in [1.82, 2.24) is 14.8 Å². The maximum Gasteiger partial charge on any atom is 0.250 e. The molecule has 2 N–H and O–H groups in total. The number of hydrogen-bond donors (Lipinski definition) is 2. The van der Waals surface area contributed by atoms with Gasteiger partial charge in [0.05, 0.1) is 12.1 Å². The number of hydrogen-bond acceptors (Lipinski definition) is 4. The van der Waals surface area contributed by atoms with Gasteiger partial charge in [0.2, 0.25) is 17.8 Å². The van der Waals surface area contributed by atoms with E-state index in [1.807, 2.05) is 30.3 Å². The molecule has 0 fully saturated rings. The first-order valence-electron chi connectivity index (χ1n) is 7.99. The highest BCUT2D eigenvalue weighted by Crippen LogP contribution is 2.27. The summed E-state index contributed by atoms with van der Waals surface area (Å²) in [5, 5.41) is 9.47. The second kappa shape index (κ2) is 6.40. The van der Waals surface area contributed by atoms with Gasteiger partial charge in [-0.25, -0.2) is 9.07 Å². The molecule has 0 spiro atoms. The first kappa shape index (κ1) is 15.9. The smallest absolute Gasteiger partial charge is 0.250 e. The van der Waals surface area contributed by atoms with Crippen molar-refractivity contribution in [2.75, 3.05) is 10.6 Å². The Hall–Kier alpha value is -3.55. The van der Waals surface area contributed by atoms with Crippen LogP contribution in [0.4, 0.5) is 16.0 Å². The normalized spacial score (nSPS) is 15.9. The van der Waals surface area contributed by atoms with Crippen LogP contribution in [-0.4, -0.2) is 26.6 Å². The second-order valence-electron chi connectivity index (χ2n) is 5.81. The third-order valence-electron chi connectivity index (χ3n) is 4.02. The zero-order chi connectivity index (χ0) is 18.1. The Morgan fingerprint density at radius 3 is 2.65 bits per heavy atom. The minimum Gasteiger partial charge on any atom is -0.322 e. The molecule has 8 heteroatoms. The van der Waals surface area contributed by atoms with Gasteiger partial charge < -0.3 is 5.32 Å². The average Bonchev–Trinajstić information content (AvgIpc) is 3.07. The van der Waals surface area contributed by atoms with Gasteiger partial charge in [-0.3, -0.25) is 14.9 Å². The van der Waals surface area contributed by atoms with Crippen LogP contribution in [0.1, 0.15) is 12.5 Å². The van der Waals surface area contributed by atoms with Crippen molar-refractivity contribution >= 4 is 23.5 Å². The van der Waals surface area contributed by atoms with Crippen molar-refractivity contribution in [3.63, 3.8) is 0 Å². The second-order valence-corrected chi connectivity index (χ2v) is 5.81. The van der Waals surface area contributed by atoms with Crippen LogP contribution in [0.3, 0.4) is 0 Å². The van der Waals surface area contributed by atoms with Gasteiger partial charge >= 0.3 is 0 Å². The van der Waals surface area contributed by atoms with Crippen LogP contribution in [0.25, 0.3) is 11.4 Å². The number of benzene rings is 2. The van der Waals surface area contributed by atoms with Gasteiger partial charge in [0, 0.05) is 5.56 Å². The maximum absolute atomic E-state index is 13.8. The van der Waals surface area contributed by atoms with Gasteiger partial charge in [-0.05, 0) is 12.1 Å². The van der Waals surface area contributed by atoms with E-state index in [1.165, 1.54) is 22.9 Å². The summed E-state index contributed by atoms with van der Waals surface area (Å²) in [6, 6.07) is 14.1. The monoisotopic (exact) mass is 351 g/mol. The van der Waals surface area contributed by atoms with E-state index in [4.69, 9.17) is 0 Å². The van der Waals surface area contributed by atoms with Gasteiger partial charge in [-0.2, -0.15) is 4.98 Å². The quantitative estimate of drug-likeness (QED) is 0.759. The van der Waals surface area contributed by atoms with E-state index < -0.39 is 17.8 Å². The van der Waals surface area contributed by atoms with E-state index in [9.17, 15) is 14.0 Å². The Bertz CT molecular complexity index is 986. The Kier molecular flexibility index (Phi) is 3.92. The van der Waals surface area contributed by atoms with E-state index in [0.717, 1.165) is 5.56 Å². The predicted octanol–water partition coefficient (Wildman–Crippen LogP) is 2.61. The molecule has 0 aliphatic carbocycles. The topological polar surface area (TPSA) is 88.9 Å². The number of aromatic nitrogens is 3. The molecule has 2 amide bonds. The van der Waals surface area contributed by atoms with E-state index in [2.05, 4.69) is 20.7 Å². The van der Waals surface area contributed by atoms with E-state index >= 15 is 0 Å². The average molecular weight is 351 g/mol. The highest BCUT2D eigenvalue weighted by molar-refractivity contribution is 6.00. The summed E-state index contributed by atoms with van der Waals surface area (Å²) in [7, 11) is 0. The zero-order valence-electron chi connectivity index (χ0n) is 13.5. The van der Waals surface area contributed by atoms with Gasteiger partial charge in [0.25, 0.3) is 0 Å². The minimum absolute atomic E-state index is 0.0495. The molecule has 1 aromatic heterocycles. The summed E-state index contributed by atoms with van der Waals surface area (Å²) in [4.78, 5) is 28.9. The fraction of sp³-hybridized carbons (Fsp3) is 0.111. The SMILES string of the molecule is O=C1C[C@H](C(=O)Nc2ccccc2F)n2nc(-c3ccccc3)nc2N1. The summed E-state index contributed by atoms with van der Waals surface area (Å²) in [6.45, 7) is 0. The number of carbonyl (C=O) groups is 2. The number of amides is 2. The van der Waals surface area contributed by atoms with E-state index in [-0.39, 0.29) is 24.0 Å². The molecule has 1 atom stereocenters. The van der Waals surface area contributed by atoms with Crippen molar-refractivity contribution < 1.29 is 14.0 Å². The zero-order valence-corrected chi connectivity index (χ0v) is 13.5. The van der Waals surface area contributed by atoms with Crippen LogP contribution in [0.15, 0.2) is 54.6 Å². The number of carbonyl (C=O) groups excluding carboxylic acids is 2. The van der Waals surface area contributed by atoms with Gasteiger partial charge in [-0.15, -0.1) is 5.10 Å². The highest BCUT2D eigenvalue weighted by atomic mass is 19.1. The molecular formula is C18H14FN5O2. The summed E-state index contributed by atoms with van der Waals surface area (Å²) in [5.41, 5.74) is 0.811. The largest absolute Gasteiger partial charge is 0.322 e. The van der Waals surface area contributed by atoms with Crippen LogP contribution in [-0.2, 0) is 9.59 Å². The highest BCUT2D eigenvalue weighted by Gasteiger charge is 2.33. The van der Waals surface area contributed by atoms with E-state index in [1.54, 1.807) is 6.07 Å². The molecule has 0 saturated carbocycles. The van der Waals surface area contributed by atoms with Crippen LogP contribution in [0.2, 0.25) is 0 Å². The van der Waals surface area contributed by atoms with Gasteiger partial charge in [-0.1, -0.05) is 42.5 Å². The molecule has 0 unspecified atom stereocenters. The summed E-state index contributed by atoms with van der Waals surface area (Å²) in [5.74, 6) is -0.848. The summed E-state index contributed by atoms with van der Waals surface area (Å²) < 4.78 is 15.1. The lowest BCUT2D eigenvalue weighted by atomic mass is 10.1. The number of nitrogens with zero attached hydrogens (tertiary/aromatic N) is 3. The number of halogens is 1. The predicted molar refractivity (Wildman–Crippen MR) is 92.8 cm³/mol. The Labute approximate surface area is 147 Å². The lowest BCUT2D eigenvalue weighted by molar-refractivity contribution is -0.125.